The quantitative estimate of drug-likeness (QED) is 0.445. The number of carboxylic acid groups (broad SMARTS) is 1. The summed E-state index contributed by atoms with van der Waals surface area (Å²) in [6.07, 6.45) is 0.803. The molecule has 1 aliphatic rings. The Bertz CT molecular complexity index is 1340. The van der Waals surface area contributed by atoms with Crippen LogP contribution in [0.1, 0.15) is 10.4 Å². The maximum absolute atomic E-state index is 15.1. The molecule has 8 nitrogen and oxygen atoms in total. The summed E-state index contributed by atoms with van der Waals surface area (Å²) in [5.74, 6) is -4.86. The van der Waals surface area contributed by atoms with E-state index in [1.165, 1.54) is 4.90 Å². The van der Waals surface area contributed by atoms with E-state index in [-0.39, 0.29) is 35.4 Å². The van der Waals surface area contributed by atoms with Crippen molar-refractivity contribution in [1.82, 2.24) is 4.57 Å². The molecule has 7 N–H and O–H groups in total. The summed E-state index contributed by atoms with van der Waals surface area (Å²) < 4.78 is 44.3. The van der Waals surface area contributed by atoms with Crippen molar-refractivity contribution in [1.29, 1.82) is 0 Å². The van der Waals surface area contributed by atoms with Gasteiger partial charge in [0, 0.05) is 31.4 Å². The second kappa shape index (κ2) is 7.06. The van der Waals surface area contributed by atoms with Gasteiger partial charge in [-0.3, -0.25) is 4.79 Å². The van der Waals surface area contributed by atoms with E-state index < -0.39 is 56.9 Å². The molecule has 1 fully saturated rings. The molecule has 31 heavy (non-hydrogen) atoms. The molecular formula is C19H15ClF3N5O3. The van der Waals surface area contributed by atoms with Gasteiger partial charge in [0.15, 0.2) is 5.82 Å². The highest BCUT2D eigenvalue weighted by Gasteiger charge is 2.32. The largest absolute Gasteiger partial charge is 0.477 e. The smallest absolute Gasteiger partial charge is 0.341 e. The topological polar surface area (TPSA) is 141 Å². The Balaban J connectivity index is 2.20. The Morgan fingerprint density at radius 2 is 1.81 bits per heavy atom. The van der Waals surface area contributed by atoms with Crippen LogP contribution in [0.5, 0.6) is 0 Å². The Labute approximate surface area is 177 Å². The first-order valence-electron chi connectivity index (χ1n) is 8.87. The minimum atomic E-state index is -1.66. The molecular weight excluding hydrogens is 439 g/mol. The number of nitrogen functional groups attached to an aromatic ring is 2. The number of rotatable bonds is 3. The van der Waals surface area contributed by atoms with Gasteiger partial charge in [0.1, 0.15) is 17.2 Å². The number of hydrogen-bond donors (Lipinski definition) is 4. The number of carbonyl (C=O) groups is 1. The lowest BCUT2D eigenvalue weighted by Gasteiger charge is -2.39. The zero-order chi connectivity index (χ0) is 22.8. The molecule has 0 unspecified atom stereocenters. The molecule has 0 spiro atoms. The van der Waals surface area contributed by atoms with Crippen molar-refractivity contribution in [2.45, 2.75) is 6.04 Å². The number of fused-ring (bicyclic) bond motifs is 1. The van der Waals surface area contributed by atoms with Crippen LogP contribution in [0.25, 0.3) is 16.6 Å². The number of halogens is 4. The standard InChI is InChI=1S/C19H15ClF3N5O3/c20-13-16-12(15(26)14(23)17(13)27-3-6(24)4-27)18(29)7(19(30)31)5-28(16)11-2-10(25)8(21)1-9(11)22/h1-2,5-6H,3-4,24-26H2,(H,30,31). The monoisotopic (exact) mass is 453 g/mol. The van der Waals surface area contributed by atoms with Crippen molar-refractivity contribution in [3.8, 4) is 5.69 Å². The number of anilines is 3. The summed E-state index contributed by atoms with van der Waals surface area (Å²) in [6.45, 7) is 0.494. The summed E-state index contributed by atoms with van der Waals surface area (Å²) in [5.41, 5.74) is 13.3. The van der Waals surface area contributed by atoms with Crippen LogP contribution < -0.4 is 27.5 Å². The Kier molecular flexibility index (Phi) is 4.74. The van der Waals surface area contributed by atoms with E-state index in [0.29, 0.717) is 6.07 Å². The van der Waals surface area contributed by atoms with Gasteiger partial charge >= 0.3 is 5.97 Å². The second-order valence-electron chi connectivity index (χ2n) is 7.15. The molecule has 0 aliphatic carbocycles. The molecule has 1 aliphatic heterocycles. The molecule has 12 heteroatoms. The van der Waals surface area contributed by atoms with Gasteiger partial charge < -0.3 is 31.8 Å². The van der Waals surface area contributed by atoms with Crippen LogP contribution in [0.4, 0.5) is 30.2 Å². The predicted octanol–water partition coefficient (Wildman–Crippen LogP) is 2.07. The van der Waals surface area contributed by atoms with Crippen LogP contribution in [0.15, 0.2) is 23.1 Å². The lowest BCUT2D eigenvalue weighted by atomic mass is 10.0. The van der Waals surface area contributed by atoms with Crippen LogP contribution in [0, 0.1) is 17.5 Å². The highest BCUT2D eigenvalue weighted by atomic mass is 35.5. The molecule has 2 aromatic carbocycles. The average Bonchev–Trinajstić information content (AvgIpc) is 2.67. The maximum atomic E-state index is 15.1. The van der Waals surface area contributed by atoms with Crippen molar-refractivity contribution in [3.63, 3.8) is 0 Å². The Morgan fingerprint density at radius 3 is 2.39 bits per heavy atom. The lowest BCUT2D eigenvalue weighted by molar-refractivity contribution is 0.0695. The number of pyridine rings is 1. The fourth-order valence-electron chi connectivity index (χ4n) is 3.58. The van der Waals surface area contributed by atoms with E-state index in [0.717, 1.165) is 16.8 Å². The van der Waals surface area contributed by atoms with Gasteiger partial charge in [-0.05, 0) is 6.07 Å². The van der Waals surface area contributed by atoms with Crippen molar-refractivity contribution >= 4 is 45.5 Å². The van der Waals surface area contributed by atoms with Crippen molar-refractivity contribution < 1.29 is 23.1 Å². The average molecular weight is 454 g/mol. The number of aromatic nitrogens is 1. The minimum absolute atomic E-state index is 0.167. The zero-order valence-electron chi connectivity index (χ0n) is 15.6. The van der Waals surface area contributed by atoms with Gasteiger partial charge in [-0.25, -0.2) is 18.0 Å². The first kappa shape index (κ1) is 20.8. The summed E-state index contributed by atoms with van der Waals surface area (Å²) in [4.78, 5) is 25.9. The van der Waals surface area contributed by atoms with E-state index in [9.17, 15) is 23.5 Å². The minimum Gasteiger partial charge on any atom is -0.477 e. The molecule has 1 aromatic heterocycles. The van der Waals surface area contributed by atoms with Crippen LogP contribution in [0.2, 0.25) is 5.02 Å². The summed E-state index contributed by atoms with van der Waals surface area (Å²) in [6, 6.07) is 1.15. The van der Waals surface area contributed by atoms with Crippen LogP contribution in [0.3, 0.4) is 0 Å². The third kappa shape index (κ3) is 3.04. The summed E-state index contributed by atoms with van der Waals surface area (Å²) in [5, 5.41) is 8.56. The zero-order valence-corrected chi connectivity index (χ0v) is 16.4. The van der Waals surface area contributed by atoms with Gasteiger partial charge in [0.2, 0.25) is 5.43 Å². The van der Waals surface area contributed by atoms with Gasteiger partial charge in [0.05, 0.1) is 38.7 Å². The molecule has 4 rings (SSSR count). The SMILES string of the molecule is Nc1cc(-n2cc(C(=O)O)c(=O)c3c(N)c(F)c(N4CC(N)C4)c(Cl)c32)c(F)cc1F. The number of hydrogen-bond acceptors (Lipinski definition) is 6. The van der Waals surface area contributed by atoms with Gasteiger partial charge in [0.25, 0.3) is 0 Å². The number of benzene rings is 2. The van der Waals surface area contributed by atoms with Crippen molar-refractivity contribution in [3.05, 3.63) is 56.6 Å². The van der Waals surface area contributed by atoms with Crippen molar-refractivity contribution in [2.24, 2.45) is 5.73 Å². The first-order chi connectivity index (χ1) is 14.5. The molecule has 162 valence electrons. The van der Waals surface area contributed by atoms with Crippen molar-refractivity contribution in [2.75, 3.05) is 29.5 Å². The molecule has 0 saturated carbocycles. The van der Waals surface area contributed by atoms with E-state index in [4.69, 9.17) is 28.8 Å². The van der Waals surface area contributed by atoms with Gasteiger partial charge in [-0.2, -0.15) is 0 Å². The van der Waals surface area contributed by atoms with E-state index in [1.807, 2.05) is 0 Å². The fourth-order valence-corrected chi connectivity index (χ4v) is 3.97. The third-order valence-corrected chi connectivity index (χ3v) is 5.48. The van der Waals surface area contributed by atoms with E-state index in [2.05, 4.69) is 0 Å². The second-order valence-corrected chi connectivity index (χ2v) is 7.53. The molecule has 1 saturated heterocycles. The fraction of sp³-hybridized carbons (Fsp3) is 0.158. The molecule has 0 bridgehead atoms. The number of nitrogens with two attached hydrogens (primary N) is 3. The molecule has 0 radical (unpaired) electrons. The highest BCUT2D eigenvalue weighted by Crippen LogP contribution is 2.42. The molecule has 0 atom stereocenters. The third-order valence-electron chi connectivity index (χ3n) is 5.12. The van der Waals surface area contributed by atoms with Gasteiger partial charge in [-0.1, -0.05) is 11.6 Å². The van der Waals surface area contributed by atoms with Crippen LogP contribution in [-0.4, -0.2) is 34.8 Å². The Hall–Kier alpha value is -3.44. The Morgan fingerprint density at radius 1 is 1.16 bits per heavy atom. The number of aromatic carboxylic acids is 1. The summed E-state index contributed by atoms with van der Waals surface area (Å²) >= 11 is 6.44. The maximum Gasteiger partial charge on any atom is 0.341 e. The number of nitrogens with zero attached hydrogens (tertiary/aromatic N) is 2. The molecule has 2 heterocycles. The highest BCUT2D eigenvalue weighted by molar-refractivity contribution is 6.38. The van der Waals surface area contributed by atoms with E-state index >= 15 is 4.39 Å². The molecule has 0 amide bonds. The normalized spacial score (nSPS) is 14.2. The van der Waals surface area contributed by atoms with Gasteiger partial charge in [-0.15, -0.1) is 0 Å². The number of carboxylic acids is 1. The van der Waals surface area contributed by atoms with Crippen LogP contribution in [-0.2, 0) is 0 Å². The predicted molar refractivity (Wildman–Crippen MR) is 110 cm³/mol. The van der Waals surface area contributed by atoms with E-state index in [1.54, 1.807) is 0 Å². The molecule has 3 aromatic rings. The summed E-state index contributed by atoms with van der Waals surface area (Å²) in [7, 11) is 0. The lowest BCUT2D eigenvalue weighted by Crippen LogP contribution is -2.56. The van der Waals surface area contributed by atoms with Crippen LogP contribution >= 0.6 is 11.6 Å². The first-order valence-corrected chi connectivity index (χ1v) is 9.25.